The molecule has 0 bridgehead atoms. The van der Waals surface area contributed by atoms with Crippen LogP contribution in [0.3, 0.4) is 0 Å². The highest BCUT2D eigenvalue weighted by Gasteiger charge is 2.28. The van der Waals surface area contributed by atoms with Crippen molar-refractivity contribution in [2.75, 3.05) is 38.3 Å². The average Bonchev–Trinajstić information content (AvgIpc) is 2.95. The lowest BCUT2D eigenvalue weighted by Crippen LogP contribution is -2.39. The summed E-state index contributed by atoms with van der Waals surface area (Å²) in [5.74, 6) is 0.231. The van der Waals surface area contributed by atoms with E-state index in [0.29, 0.717) is 36.0 Å². The third kappa shape index (κ3) is 7.50. The van der Waals surface area contributed by atoms with Gasteiger partial charge in [0.15, 0.2) is 23.0 Å². The van der Waals surface area contributed by atoms with E-state index < -0.39 is 28.3 Å². The number of nitrogens with zero attached hydrogens (tertiary/aromatic N) is 2. The second-order valence-electron chi connectivity index (χ2n) is 8.04. The Morgan fingerprint density at radius 1 is 0.975 bits per heavy atom. The molecule has 10 nitrogen and oxygen atoms in total. The molecule has 0 aliphatic rings. The Hall–Kier alpha value is -4.58. The summed E-state index contributed by atoms with van der Waals surface area (Å²) in [4.78, 5) is 12.7. The van der Waals surface area contributed by atoms with E-state index in [9.17, 15) is 17.6 Å². The number of methoxy groups -OCH3 is 2. The molecule has 0 saturated heterocycles. The number of anilines is 1. The number of hydrogen-bond donors (Lipinski definition) is 1. The maximum absolute atomic E-state index is 13.6. The first kappa shape index (κ1) is 30.0. The maximum Gasteiger partial charge on any atom is 0.264 e. The van der Waals surface area contributed by atoms with Crippen molar-refractivity contribution in [1.29, 1.82) is 0 Å². The molecule has 0 atom stereocenters. The van der Waals surface area contributed by atoms with Crippen LogP contribution in [0, 0.1) is 5.82 Å². The molecule has 0 aliphatic heterocycles. The van der Waals surface area contributed by atoms with Gasteiger partial charge in [-0.25, -0.2) is 18.2 Å². The monoisotopic (exact) mass is 571 g/mol. The van der Waals surface area contributed by atoms with E-state index >= 15 is 0 Å². The van der Waals surface area contributed by atoms with Crippen molar-refractivity contribution in [2.24, 2.45) is 5.10 Å². The molecule has 3 aromatic rings. The lowest BCUT2D eigenvalue weighted by atomic mass is 10.2. The number of rotatable bonds is 14. The molecule has 0 spiro atoms. The Morgan fingerprint density at radius 3 is 2.33 bits per heavy atom. The second kappa shape index (κ2) is 14.0. The molecule has 212 valence electrons. The molecular formula is C28H30FN3O7S. The van der Waals surface area contributed by atoms with Gasteiger partial charge in [-0.1, -0.05) is 12.7 Å². The van der Waals surface area contributed by atoms with Crippen LogP contribution in [0.4, 0.5) is 10.1 Å². The number of carbonyl (C=O) groups excluding carboxylic acids is 1. The van der Waals surface area contributed by atoms with Crippen molar-refractivity contribution < 1.29 is 36.6 Å². The number of hydrazone groups is 1. The van der Waals surface area contributed by atoms with Gasteiger partial charge in [0.25, 0.3) is 15.9 Å². The molecule has 0 heterocycles. The van der Waals surface area contributed by atoms with Crippen molar-refractivity contribution in [3.63, 3.8) is 0 Å². The number of benzene rings is 3. The molecule has 1 N–H and O–H groups in total. The van der Waals surface area contributed by atoms with Crippen molar-refractivity contribution in [1.82, 2.24) is 5.43 Å². The summed E-state index contributed by atoms with van der Waals surface area (Å²) in [6.45, 7) is 5.53. The summed E-state index contributed by atoms with van der Waals surface area (Å²) in [6, 6.07) is 13.8. The van der Waals surface area contributed by atoms with Crippen LogP contribution in [0.1, 0.15) is 12.5 Å². The number of amides is 1. The predicted molar refractivity (Wildman–Crippen MR) is 150 cm³/mol. The smallest absolute Gasteiger partial charge is 0.264 e. The number of sulfonamides is 1. The quantitative estimate of drug-likeness (QED) is 0.176. The van der Waals surface area contributed by atoms with E-state index in [-0.39, 0.29) is 16.3 Å². The zero-order valence-corrected chi connectivity index (χ0v) is 23.1. The third-order valence-corrected chi connectivity index (χ3v) is 7.14. The molecule has 1 amide bonds. The van der Waals surface area contributed by atoms with Gasteiger partial charge in [0.05, 0.1) is 37.6 Å². The van der Waals surface area contributed by atoms with Gasteiger partial charge >= 0.3 is 0 Å². The van der Waals surface area contributed by atoms with Gasteiger partial charge in [-0.05, 0) is 67.1 Å². The summed E-state index contributed by atoms with van der Waals surface area (Å²) in [5, 5.41) is 3.95. The van der Waals surface area contributed by atoms with Crippen molar-refractivity contribution >= 4 is 27.8 Å². The van der Waals surface area contributed by atoms with Gasteiger partial charge in [0.2, 0.25) is 0 Å². The van der Waals surface area contributed by atoms with Crippen LogP contribution >= 0.6 is 0 Å². The van der Waals surface area contributed by atoms with E-state index in [1.54, 1.807) is 24.3 Å². The maximum atomic E-state index is 13.6. The SMILES string of the molecule is C=CCOc1ccc(/C=N\NC(=O)CN(c2ccc(F)cc2)S(=O)(=O)c2ccc(OC)c(OC)c2)cc1OCC. The summed E-state index contributed by atoms with van der Waals surface area (Å²) in [6.07, 6.45) is 2.99. The van der Waals surface area contributed by atoms with Crippen LogP contribution in [0.15, 0.2) is 83.3 Å². The molecule has 3 rings (SSSR count). The number of hydrogen-bond acceptors (Lipinski definition) is 8. The van der Waals surface area contributed by atoms with Gasteiger partial charge < -0.3 is 18.9 Å². The molecule has 0 unspecified atom stereocenters. The molecule has 0 fully saturated rings. The zero-order valence-electron chi connectivity index (χ0n) is 22.3. The molecule has 0 aromatic heterocycles. The first-order valence-corrected chi connectivity index (χ1v) is 13.5. The molecule has 3 aromatic carbocycles. The Bertz CT molecular complexity index is 1460. The van der Waals surface area contributed by atoms with E-state index in [1.807, 2.05) is 6.92 Å². The van der Waals surface area contributed by atoms with E-state index in [4.69, 9.17) is 18.9 Å². The van der Waals surface area contributed by atoms with Crippen LogP contribution in [0.25, 0.3) is 0 Å². The third-order valence-electron chi connectivity index (χ3n) is 5.37. The molecule has 12 heteroatoms. The van der Waals surface area contributed by atoms with E-state index in [1.165, 1.54) is 50.8 Å². The Morgan fingerprint density at radius 2 is 1.68 bits per heavy atom. The van der Waals surface area contributed by atoms with Gasteiger partial charge in [0, 0.05) is 6.07 Å². The number of halogens is 1. The minimum atomic E-state index is -4.30. The minimum Gasteiger partial charge on any atom is -0.493 e. The first-order valence-electron chi connectivity index (χ1n) is 12.1. The van der Waals surface area contributed by atoms with Gasteiger partial charge in [0.1, 0.15) is 19.0 Å². The molecular weight excluding hydrogens is 541 g/mol. The van der Waals surface area contributed by atoms with Crippen molar-refractivity contribution in [3.05, 3.63) is 84.7 Å². The molecule has 0 saturated carbocycles. The largest absolute Gasteiger partial charge is 0.493 e. The Balaban J connectivity index is 1.83. The number of ether oxygens (including phenoxy) is 4. The van der Waals surface area contributed by atoms with Crippen molar-refractivity contribution in [2.45, 2.75) is 11.8 Å². The summed E-state index contributed by atoms with van der Waals surface area (Å²) < 4.78 is 63.2. The predicted octanol–water partition coefficient (Wildman–Crippen LogP) is 4.15. The van der Waals surface area contributed by atoms with E-state index in [0.717, 1.165) is 16.4 Å². The zero-order chi connectivity index (χ0) is 29.1. The van der Waals surface area contributed by atoms with Crippen LogP contribution in [0.5, 0.6) is 23.0 Å². The number of nitrogens with one attached hydrogen (secondary N) is 1. The van der Waals surface area contributed by atoms with E-state index in [2.05, 4.69) is 17.1 Å². The normalized spacial score (nSPS) is 11.1. The fourth-order valence-electron chi connectivity index (χ4n) is 3.51. The minimum absolute atomic E-state index is 0.0757. The first-order chi connectivity index (χ1) is 19.2. The van der Waals surface area contributed by atoms with Gasteiger partial charge in [-0.2, -0.15) is 5.10 Å². The Labute approximate surface area is 232 Å². The number of carbonyl (C=O) groups is 1. The Kier molecular flexibility index (Phi) is 10.5. The highest BCUT2D eigenvalue weighted by Crippen LogP contribution is 2.32. The summed E-state index contributed by atoms with van der Waals surface area (Å²) in [7, 11) is -1.50. The lowest BCUT2D eigenvalue weighted by Gasteiger charge is -2.24. The van der Waals surface area contributed by atoms with Crippen LogP contribution in [-0.2, 0) is 14.8 Å². The average molecular weight is 572 g/mol. The summed E-state index contributed by atoms with van der Waals surface area (Å²) >= 11 is 0. The fourth-order valence-corrected chi connectivity index (χ4v) is 4.95. The van der Waals surface area contributed by atoms with Crippen LogP contribution in [-0.4, -0.2) is 54.5 Å². The lowest BCUT2D eigenvalue weighted by molar-refractivity contribution is -0.119. The molecule has 0 radical (unpaired) electrons. The highest BCUT2D eigenvalue weighted by molar-refractivity contribution is 7.92. The van der Waals surface area contributed by atoms with Gasteiger partial charge in [-0.15, -0.1) is 0 Å². The van der Waals surface area contributed by atoms with Crippen LogP contribution in [0.2, 0.25) is 0 Å². The standard InChI is InChI=1S/C28H30FN3O7S/c1-5-15-39-25-13-7-20(16-27(25)38-6-2)18-30-31-28(33)19-32(22-10-8-21(29)9-11-22)40(34,35)23-12-14-24(36-3)26(17-23)37-4/h5,7-14,16-18H,1,6,15,19H2,2-4H3,(H,31,33)/b30-18-. The van der Waals surface area contributed by atoms with Crippen LogP contribution < -0.4 is 28.7 Å². The molecule has 40 heavy (non-hydrogen) atoms. The highest BCUT2D eigenvalue weighted by atomic mass is 32.2. The topological polar surface area (TPSA) is 116 Å². The summed E-state index contributed by atoms with van der Waals surface area (Å²) in [5.41, 5.74) is 3.00. The molecule has 0 aliphatic carbocycles. The fraction of sp³-hybridized carbons (Fsp3) is 0.214. The second-order valence-corrected chi connectivity index (χ2v) is 9.90. The van der Waals surface area contributed by atoms with Crippen molar-refractivity contribution in [3.8, 4) is 23.0 Å². The van der Waals surface area contributed by atoms with Gasteiger partial charge in [-0.3, -0.25) is 9.10 Å².